The number of aliphatic imine (C=N–C) groups is 1. The number of likely N-dealkylation sites (tertiary alicyclic amines) is 1. The maximum atomic E-state index is 13.4. The quantitative estimate of drug-likeness (QED) is 0.0138. The van der Waals surface area contributed by atoms with Crippen molar-refractivity contribution < 1.29 is 91.1 Å². The lowest BCUT2D eigenvalue weighted by Gasteiger charge is -2.27. The molecule has 71 heavy (non-hydrogen) atoms. The van der Waals surface area contributed by atoms with Crippen LogP contribution >= 0.6 is 25.3 Å². The number of carbonyl (C=O) groups excluding carboxylic acids is 8. The number of carboxylic acids is 4. The first-order valence-electron chi connectivity index (χ1n) is 21.1. The van der Waals surface area contributed by atoms with Crippen molar-refractivity contribution in [2.75, 3.05) is 44.2 Å². The number of carboxylic acid groups (broad SMARTS) is 4. The van der Waals surface area contributed by atoms with Crippen LogP contribution in [0.1, 0.15) is 57.8 Å². The van der Waals surface area contributed by atoms with Crippen LogP contribution in [-0.4, -0.2) is 195 Å². The maximum absolute atomic E-state index is 13.4. The molecule has 0 aromatic rings. The minimum atomic E-state index is -5.08. The molecule has 1 saturated heterocycles. The van der Waals surface area contributed by atoms with Gasteiger partial charge in [0.2, 0.25) is 47.3 Å². The van der Waals surface area contributed by atoms with Gasteiger partial charge in [0, 0.05) is 24.6 Å². The lowest BCUT2D eigenvalue weighted by Crippen LogP contribution is -2.57. The zero-order chi connectivity index (χ0) is 54.6. The van der Waals surface area contributed by atoms with Crippen molar-refractivity contribution in [1.29, 1.82) is 0 Å². The molecule has 402 valence electrons. The molecule has 0 spiro atoms. The Balaban J connectivity index is 0.00000647. The number of hydrogen-bond acceptors (Lipinski definition) is 17. The summed E-state index contributed by atoms with van der Waals surface area (Å²) in [7, 11) is 0. The Morgan fingerprint density at radius 3 is 1.62 bits per heavy atom. The van der Waals surface area contributed by atoms with Gasteiger partial charge in [0.15, 0.2) is 5.96 Å². The maximum Gasteiger partial charge on any atom is 0.490 e. The van der Waals surface area contributed by atoms with E-state index in [9.17, 15) is 81.2 Å². The fourth-order valence-corrected chi connectivity index (χ4v) is 6.34. The van der Waals surface area contributed by atoms with Gasteiger partial charge in [0.25, 0.3) is 0 Å². The highest BCUT2D eigenvalue weighted by Crippen LogP contribution is 2.18. The summed E-state index contributed by atoms with van der Waals surface area (Å²) in [6, 6.07) is -9.87. The highest BCUT2D eigenvalue weighted by atomic mass is 32.1. The first-order chi connectivity index (χ1) is 33.1. The number of alkyl halides is 3. The van der Waals surface area contributed by atoms with E-state index in [4.69, 9.17) is 32.8 Å². The second-order valence-corrected chi connectivity index (χ2v) is 15.8. The molecule has 0 saturated carbocycles. The number of nitrogens with two attached hydrogens (primary N) is 4. The van der Waals surface area contributed by atoms with Gasteiger partial charge in [-0.05, 0) is 51.5 Å². The topological polar surface area (TPSA) is 490 Å². The summed E-state index contributed by atoms with van der Waals surface area (Å²) < 4.78 is 31.7. The molecule has 1 aliphatic heterocycles. The molecule has 0 aromatic carbocycles. The fraction of sp³-hybridized carbons (Fsp3) is 0.649. The van der Waals surface area contributed by atoms with E-state index in [-0.39, 0.29) is 69.2 Å². The first-order valence-corrected chi connectivity index (χ1v) is 22.4. The van der Waals surface area contributed by atoms with E-state index in [0.29, 0.717) is 12.8 Å². The molecule has 1 rings (SSSR count). The predicted octanol–water partition coefficient (Wildman–Crippen LogP) is -6.33. The standard InChI is InChI=1S/C35H59N13O14S2.C2HF3O2/c36-8-2-1-5-18(30(57)42-14-25(50)48-10-4-7-23(48)33(60)46-21(12-27(53)54)32(59)47-22(16-64)34(61)62)45-31(58)20(11-26(51)52)43-24(49)13-41-29(56)19(6-3-9-40-35(38)39)44-28(55)17(37)15-63;3-2(4,5)1(6)7/h17-23,63-64H,1-16,36-37H2,(H,41,56)(H,42,57)(H,43,49)(H,44,55)(H,45,58)(H,46,60)(H,47,59)(H,51,52)(H,53,54)(H,61,62)(H4,38,39,40);(H,6,7)/t17-,18-,19-,20-,21-,22-,23-;/m0./s1. The summed E-state index contributed by atoms with van der Waals surface area (Å²) in [4.78, 5) is 153. The largest absolute Gasteiger partial charge is 0.490 e. The van der Waals surface area contributed by atoms with E-state index < -0.39 is 146 Å². The minimum absolute atomic E-state index is 0.0106. The van der Waals surface area contributed by atoms with E-state index in [0.717, 1.165) is 4.90 Å². The molecule has 1 heterocycles. The zero-order valence-corrected chi connectivity index (χ0v) is 39.6. The lowest BCUT2D eigenvalue weighted by molar-refractivity contribution is -0.192. The summed E-state index contributed by atoms with van der Waals surface area (Å²) in [5, 5.41) is 51.1. The molecule has 0 unspecified atom stereocenters. The number of unbranched alkanes of at least 4 members (excludes halogenated alkanes) is 1. The van der Waals surface area contributed by atoms with Crippen molar-refractivity contribution in [2.45, 2.75) is 106 Å². The molecule has 34 heteroatoms. The summed E-state index contributed by atoms with van der Waals surface area (Å²) in [5.74, 6) is -15.2. The molecule has 0 aliphatic carbocycles. The highest BCUT2D eigenvalue weighted by molar-refractivity contribution is 7.80. The van der Waals surface area contributed by atoms with Crippen LogP contribution in [0.15, 0.2) is 4.99 Å². The Morgan fingerprint density at radius 2 is 1.15 bits per heavy atom. The predicted molar refractivity (Wildman–Crippen MR) is 245 cm³/mol. The van der Waals surface area contributed by atoms with Gasteiger partial charge >= 0.3 is 30.1 Å². The average molecular weight is 1060 g/mol. The third-order valence-corrected chi connectivity index (χ3v) is 10.2. The number of halogens is 3. The van der Waals surface area contributed by atoms with Gasteiger partial charge in [-0.1, -0.05) is 0 Å². The number of nitrogens with zero attached hydrogens (tertiary/aromatic N) is 2. The molecule has 0 radical (unpaired) electrons. The van der Waals surface area contributed by atoms with E-state index >= 15 is 0 Å². The Bertz CT molecular complexity index is 1930. The number of carbonyl (C=O) groups is 12. The first kappa shape index (κ1) is 64.3. The molecule has 19 N–H and O–H groups in total. The van der Waals surface area contributed by atoms with Gasteiger partial charge in [-0.3, -0.25) is 52.9 Å². The van der Waals surface area contributed by atoms with Crippen molar-refractivity contribution in [2.24, 2.45) is 27.9 Å². The van der Waals surface area contributed by atoms with Crippen molar-refractivity contribution >= 4 is 102 Å². The third kappa shape index (κ3) is 26.2. The molecule has 8 amide bonds. The van der Waals surface area contributed by atoms with Crippen molar-refractivity contribution in [3.05, 3.63) is 0 Å². The van der Waals surface area contributed by atoms with Crippen molar-refractivity contribution in [3.63, 3.8) is 0 Å². The third-order valence-electron chi connectivity index (χ3n) is 9.49. The summed E-state index contributed by atoms with van der Waals surface area (Å²) in [5.41, 5.74) is 21.9. The fourth-order valence-electron chi connectivity index (χ4n) is 5.92. The normalized spacial score (nSPS) is 15.5. The lowest BCUT2D eigenvalue weighted by atomic mass is 10.1. The van der Waals surface area contributed by atoms with Gasteiger partial charge in [0.1, 0.15) is 36.3 Å². The molecule has 1 aliphatic rings. The summed E-state index contributed by atoms with van der Waals surface area (Å²) in [6.45, 7) is -1.16. The SMILES string of the molecule is NCCCC[C@H](NC(=O)[C@H](CC(=O)O)NC(=O)CNC(=O)[C@H](CCCN=C(N)N)NC(=O)[C@@H](N)CS)C(=O)NCC(=O)N1CCC[C@H]1C(=O)N[C@@H](CC(=O)O)C(=O)N[C@@H](CS)C(=O)O.O=C(O)C(F)(F)F. The number of aliphatic carboxylic acids is 4. The van der Waals surface area contributed by atoms with E-state index in [1.807, 2.05) is 0 Å². The summed E-state index contributed by atoms with van der Waals surface area (Å²) in [6.07, 6.45) is -5.75. The van der Waals surface area contributed by atoms with Crippen LogP contribution in [0.2, 0.25) is 0 Å². The molecule has 29 nitrogen and oxygen atoms in total. The Kier molecular flexibility index (Phi) is 29.9. The second-order valence-electron chi connectivity index (χ2n) is 15.1. The minimum Gasteiger partial charge on any atom is -0.481 e. The molecular formula is C37H60F3N13O16S2. The molecular weight excluding hydrogens is 1000 g/mol. The van der Waals surface area contributed by atoms with Crippen LogP contribution in [0.5, 0.6) is 0 Å². The van der Waals surface area contributed by atoms with Crippen LogP contribution in [0.3, 0.4) is 0 Å². The van der Waals surface area contributed by atoms with Crippen LogP contribution in [0.25, 0.3) is 0 Å². The Hall–Kier alpha value is -6.68. The van der Waals surface area contributed by atoms with Gasteiger partial charge in [-0.2, -0.15) is 38.4 Å². The molecule has 0 bridgehead atoms. The highest BCUT2D eigenvalue weighted by Gasteiger charge is 2.39. The number of amides is 8. The number of thiol groups is 2. The van der Waals surface area contributed by atoms with Gasteiger partial charge in [0.05, 0.1) is 32.0 Å². The van der Waals surface area contributed by atoms with Crippen molar-refractivity contribution in [3.8, 4) is 0 Å². The molecule has 1 fully saturated rings. The number of nitrogens with one attached hydrogen (secondary N) is 7. The smallest absolute Gasteiger partial charge is 0.481 e. The second kappa shape index (κ2) is 33.0. The zero-order valence-electron chi connectivity index (χ0n) is 37.8. The summed E-state index contributed by atoms with van der Waals surface area (Å²) >= 11 is 7.79. The van der Waals surface area contributed by atoms with Crippen LogP contribution in [-0.2, 0) is 57.5 Å². The molecule has 7 atom stereocenters. The Morgan fingerprint density at radius 1 is 0.662 bits per heavy atom. The molecule has 0 aromatic heterocycles. The van der Waals surface area contributed by atoms with Gasteiger partial charge in [-0.25, -0.2) is 9.59 Å². The van der Waals surface area contributed by atoms with E-state index in [2.05, 4.69) is 67.5 Å². The number of guanidine groups is 1. The number of rotatable bonds is 30. The van der Waals surface area contributed by atoms with Gasteiger partial charge < -0.3 is 85.5 Å². The van der Waals surface area contributed by atoms with E-state index in [1.165, 1.54) is 0 Å². The van der Waals surface area contributed by atoms with Crippen molar-refractivity contribution in [1.82, 2.24) is 42.1 Å². The van der Waals surface area contributed by atoms with Crippen LogP contribution < -0.4 is 60.2 Å². The Labute approximate surface area is 413 Å². The average Bonchev–Trinajstić information content (AvgIpc) is 3.79. The monoisotopic (exact) mass is 1060 g/mol. The van der Waals surface area contributed by atoms with E-state index in [1.54, 1.807) is 0 Å². The van der Waals surface area contributed by atoms with Crippen LogP contribution in [0.4, 0.5) is 13.2 Å². The number of hydrogen-bond donors (Lipinski definition) is 17. The van der Waals surface area contributed by atoms with Crippen LogP contribution in [0, 0.1) is 0 Å². The van der Waals surface area contributed by atoms with Gasteiger partial charge in [-0.15, -0.1) is 0 Å².